The Bertz CT molecular complexity index is 702. The maximum atomic E-state index is 12.2. The van der Waals surface area contributed by atoms with Crippen LogP contribution in [0.3, 0.4) is 0 Å². The van der Waals surface area contributed by atoms with Crippen LogP contribution in [0.2, 0.25) is 10.0 Å². The highest BCUT2D eigenvalue weighted by atomic mass is 35.5. The van der Waals surface area contributed by atoms with Crippen LogP contribution in [0.1, 0.15) is 16.1 Å². The van der Waals surface area contributed by atoms with Gasteiger partial charge in [0.25, 0.3) is 5.56 Å². The van der Waals surface area contributed by atoms with Crippen molar-refractivity contribution >= 4 is 29.2 Å². The van der Waals surface area contributed by atoms with Crippen molar-refractivity contribution in [1.82, 2.24) is 4.57 Å². The molecule has 0 atom stereocenters. The summed E-state index contributed by atoms with van der Waals surface area (Å²) in [4.78, 5) is 23.1. The molecule has 0 aliphatic rings. The van der Waals surface area contributed by atoms with Crippen molar-refractivity contribution in [3.63, 3.8) is 0 Å². The molecule has 98 valence electrons. The Morgan fingerprint density at radius 3 is 2.26 bits per heavy atom. The van der Waals surface area contributed by atoms with Crippen molar-refractivity contribution in [2.75, 3.05) is 0 Å². The third kappa shape index (κ3) is 2.64. The average Bonchev–Trinajstić information content (AvgIpc) is 2.26. The van der Waals surface area contributed by atoms with Gasteiger partial charge < -0.3 is 5.11 Å². The summed E-state index contributed by atoms with van der Waals surface area (Å²) in [5.74, 6) is -1.27. The van der Waals surface area contributed by atoms with Crippen molar-refractivity contribution in [2.45, 2.75) is 6.92 Å². The minimum absolute atomic E-state index is 0.304. The van der Waals surface area contributed by atoms with Gasteiger partial charge in [-0.25, -0.2) is 4.79 Å². The van der Waals surface area contributed by atoms with Crippen LogP contribution in [0.4, 0.5) is 0 Å². The Morgan fingerprint density at radius 2 is 1.74 bits per heavy atom. The smallest absolute Gasteiger partial charge is 0.341 e. The van der Waals surface area contributed by atoms with E-state index in [0.717, 1.165) is 0 Å². The normalized spacial score (nSPS) is 10.5. The van der Waals surface area contributed by atoms with Gasteiger partial charge in [0.15, 0.2) is 0 Å². The standard InChI is InChI=1S/C13H9Cl2NO3/c1-7-2-3-11(13(18)19)12(17)16(7)10-5-8(14)4-9(15)6-10/h2-6H,1H3,(H,18,19). The van der Waals surface area contributed by atoms with Crippen LogP contribution in [0.15, 0.2) is 35.1 Å². The number of aromatic carboxylic acids is 1. The maximum Gasteiger partial charge on any atom is 0.341 e. The minimum Gasteiger partial charge on any atom is -0.477 e. The summed E-state index contributed by atoms with van der Waals surface area (Å²) >= 11 is 11.8. The van der Waals surface area contributed by atoms with Gasteiger partial charge >= 0.3 is 5.97 Å². The molecule has 2 aromatic rings. The lowest BCUT2D eigenvalue weighted by atomic mass is 10.2. The number of rotatable bonds is 2. The first-order valence-corrected chi connectivity index (χ1v) is 6.08. The molecule has 0 saturated carbocycles. The van der Waals surface area contributed by atoms with Crippen LogP contribution in [-0.2, 0) is 0 Å². The van der Waals surface area contributed by atoms with Crippen LogP contribution >= 0.6 is 23.2 Å². The number of carboxylic acid groups (broad SMARTS) is 1. The molecular weight excluding hydrogens is 289 g/mol. The van der Waals surface area contributed by atoms with Gasteiger partial charge in [-0.1, -0.05) is 23.2 Å². The number of benzene rings is 1. The third-order valence-electron chi connectivity index (χ3n) is 2.61. The topological polar surface area (TPSA) is 59.3 Å². The van der Waals surface area contributed by atoms with Crippen molar-refractivity contribution < 1.29 is 9.90 Å². The largest absolute Gasteiger partial charge is 0.477 e. The maximum absolute atomic E-state index is 12.2. The molecule has 0 spiro atoms. The molecular formula is C13H9Cl2NO3. The summed E-state index contributed by atoms with van der Waals surface area (Å²) in [6.45, 7) is 1.70. The third-order valence-corrected chi connectivity index (χ3v) is 3.05. The quantitative estimate of drug-likeness (QED) is 0.926. The molecule has 0 aliphatic carbocycles. The molecule has 0 saturated heterocycles. The first kappa shape index (κ1) is 13.6. The fourth-order valence-electron chi connectivity index (χ4n) is 1.78. The lowest BCUT2D eigenvalue weighted by Gasteiger charge is -2.11. The highest BCUT2D eigenvalue weighted by molar-refractivity contribution is 6.34. The number of aryl methyl sites for hydroxylation is 1. The van der Waals surface area contributed by atoms with Gasteiger partial charge in [0.1, 0.15) is 5.56 Å². The number of nitrogens with zero attached hydrogens (tertiary/aromatic N) is 1. The number of carboxylic acids is 1. The Hall–Kier alpha value is -1.78. The second-order valence-corrected chi connectivity index (χ2v) is 4.83. The molecule has 0 fully saturated rings. The lowest BCUT2D eigenvalue weighted by molar-refractivity contribution is 0.0694. The highest BCUT2D eigenvalue weighted by Gasteiger charge is 2.14. The molecule has 1 aromatic heterocycles. The van der Waals surface area contributed by atoms with E-state index in [-0.39, 0.29) is 5.56 Å². The summed E-state index contributed by atoms with van der Waals surface area (Å²) in [6, 6.07) is 7.47. The fourth-order valence-corrected chi connectivity index (χ4v) is 2.30. The van der Waals surface area contributed by atoms with Gasteiger partial charge in [-0.2, -0.15) is 0 Å². The molecule has 19 heavy (non-hydrogen) atoms. The predicted octanol–water partition coefficient (Wildman–Crippen LogP) is 3.15. The van der Waals surface area contributed by atoms with Gasteiger partial charge in [0, 0.05) is 15.7 Å². The Labute approximate surface area is 118 Å². The zero-order chi connectivity index (χ0) is 14.2. The summed E-state index contributed by atoms with van der Waals surface area (Å²) in [5.41, 5.74) is 0.101. The van der Waals surface area contributed by atoms with E-state index in [1.807, 2.05) is 0 Å². The van der Waals surface area contributed by atoms with Gasteiger partial charge in [-0.3, -0.25) is 9.36 Å². The number of hydrogen-bond acceptors (Lipinski definition) is 2. The SMILES string of the molecule is Cc1ccc(C(=O)O)c(=O)n1-c1cc(Cl)cc(Cl)c1. The minimum atomic E-state index is -1.27. The van der Waals surface area contributed by atoms with Crippen LogP contribution < -0.4 is 5.56 Å². The van der Waals surface area contributed by atoms with Crippen molar-refractivity contribution in [3.05, 3.63) is 62.0 Å². The molecule has 2 rings (SSSR count). The molecule has 6 heteroatoms. The predicted molar refractivity (Wildman–Crippen MR) is 73.8 cm³/mol. The second kappa shape index (κ2) is 5.07. The average molecular weight is 298 g/mol. The molecule has 0 aliphatic heterocycles. The summed E-state index contributed by atoms with van der Waals surface area (Å²) in [7, 11) is 0. The van der Waals surface area contributed by atoms with E-state index in [1.165, 1.54) is 16.7 Å². The van der Waals surface area contributed by atoms with Gasteiger partial charge in [-0.15, -0.1) is 0 Å². The zero-order valence-corrected chi connectivity index (χ0v) is 11.4. The van der Waals surface area contributed by atoms with Gasteiger partial charge in [0.05, 0.1) is 5.69 Å². The highest BCUT2D eigenvalue weighted by Crippen LogP contribution is 2.21. The Morgan fingerprint density at radius 1 is 1.16 bits per heavy atom. The second-order valence-electron chi connectivity index (χ2n) is 3.96. The van der Waals surface area contributed by atoms with Crippen LogP contribution in [0.25, 0.3) is 5.69 Å². The number of hydrogen-bond donors (Lipinski definition) is 1. The van der Waals surface area contributed by atoms with E-state index in [2.05, 4.69) is 0 Å². The van der Waals surface area contributed by atoms with Gasteiger partial charge in [-0.05, 0) is 37.3 Å². The summed E-state index contributed by atoms with van der Waals surface area (Å²) in [6.07, 6.45) is 0. The summed E-state index contributed by atoms with van der Waals surface area (Å²) < 4.78 is 1.27. The van der Waals surface area contributed by atoms with Crippen LogP contribution in [-0.4, -0.2) is 15.6 Å². The molecule has 1 heterocycles. The number of carbonyl (C=O) groups is 1. The van der Waals surface area contributed by atoms with E-state index in [0.29, 0.717) is 21.4 Å². The molecule has 4 nitrogen and oxygen atoms in total. The van der Waals surface area contributed by atoms with E-state index in [9.17, 15) is 9.59 Å². The van der Waals surface area contributed by atoms with E-state index >= 15 is 0 Å². The van der Waals surface area contributed by atoms with Crippen LogP contribution in [0.5, 0.6) is 0 Å². The Balaban J connectivity index is 2.78. The molecule has 1 N–H and O–H groups in total. The number of pyridine rings is 1. The fraction of sp³-hybridized carbons (Fsp3) is 0.0769. The molecule has 0 bridgehead atoms. The first-order chi connectivity index (χ1) is 8.90. The van der Waals surface area contributed by atoms with E-state index < -0.39 is 11.5 Å². The van der Waals surface area contributed by atoms with Crippen molar-refractivity contribution in [3.8, 4) is 5.69 Å². The lowest BCUT2D eigenvalue weighted by Crippen LogP contribution is -2.26. The van der Waals surface area contributed by atoms with Crippen molar-refractivity contribution in [1.29, 1.82) is 0 Å². The zero-order valence-electron chi connectivity index (χ0n) is 9.85. The van der Waals surface area contributed by atoms with E-state index in [4.69, 9.17) is 28.3 Å². The first-order valence-electron chi connectivity index (χ1n) is 5.32. The molecule has 0 unspecified atom stereocenters. The molecule has 0 amide bonds. The molecule has 1 aromatic carbocycles. The summed E-state index contributed by atoms with van der Waals surface area (Å²) in [5, 5.41) is 9.71. The monoisotopic (exact) mass is 297 g/mol. The van der Waals surface area contributed by atoms with E-state index in [1.54, 1.807) is 25.1 Å². The Kier molecular flexibility index (Phi) is 3.64. The molecule has 0 radical (unpaired) electrons. The number of halogens is 2. The van der Waals surface area contributed by atoms with Crippen LogP contribution in [0, 0.1) is 6.92 Å². The van der Waals surface area contributed by atoms with Gasteiger partial charge in [0.2, 0.25) is 0 Å². The number of aromatic nitrogens is 1. The van der Waals surface area contributed by atoms with Crippen molar-refractivity contribution in [2.24, 2.45) is 0 Å².